The number of carbonyl (C=O) groups excluding carboxylic acids is 4. The van der Waals surface area contributed by atoms with Crippen molar-refractivity contribution < 1.29 is 33.4 Å². The van der Waals surface area contributed by atoms with Gasteiger partial charge in [-0.2, -0.15) is 0 Å². The van der Waals surface area contributed by atoms with Gasteiger partial charge in [-0.1, -0.05) is 93.0 Å². The van der Waals surface area contributed by atoms with Crippen LogP contribution in [-0.4, -0.2) is 36.1 Å². The molecule has 2 heterocycles. The van der Waals surface area contributed by atoms with Gasteiger partial charge in [0.05, 0.1) is 30.3 Å². The van der Waals surface area contributed by atoms with E-state index in [1.165, 1.54) is 19.3 Å². The molecule has 2 saturated heterocycles. The zero-order chi connectivity index (χ0) is 32.4. The molecule has 51 heavy (non-hydrogen) atoms. The van der Waals surface area contributed by atoms with Gasteiger partial charge in [0.15, 0.2) is 0 Å². The van der Waals surface area contributed by atoms with Gasteiger partial charge in [0.1, 0.15) is 5.60 Å². The number of carbonyl (C=O) groups is 4. The second kappa shape index (κ2) is 15.4. The molecule has 0 aromatic rings. The van der Waals surface area contributed by atoms with Crippen LogP contribution in [0.1, 0.15) is 158 Å². The van der Waals surface area contributed by atoms with E-state index < -0.39 is 40.7 Å². The predicted molar refractivity (Wildman–Crippen MR) is 207 cm³/mol. The number of fused-ring (bicyclic) bond motifs is 5. The molecule has 2 aliphatic heterocycles. The standard InChI is InChI=1S/C38H56O7.6CH4/c1-9-37(8,38-14-21-10-22(15-38)12-23(11-21)16-38)45-32(40)27(36(6,7)30-20(3)31(39)44-34(30)42)17-35(4,5)29-19(2)24-13-25(29)26-18-43-33(41)28(24)26;;;;;;/h19-30H,9-18H2,1-8H3;6*1H4. The van der Waals surface area contributed by atoms with Gasteiger partial charge in [-0.15, -0.1) is 0 Å². The van der Waals surface area contributed by atoms with Crippen LogP contribution in [0.4, 0.5) is 0 Å². The number of hydrogen-bond donors (Lipinski definition) is 0. The first kappa shape index (κ1) is 47.1. The molecule has 8 fully saturated rings. The van der Waals surface area contributed by atoms with Crippen LogP contribution >= 0.6 is 0 Å². The van der Waals surface area contributed by atoms with E-state index in [0.717, 1.165) is 49.9 Å². The van der Waals surface area contributed by atoms with Crippen LogP contribution in [0.2, 0.25) is 0 Å². The van der Waals surface area contributed by atoms with Crippen molar-refractivity contribution in [3.63, 3.8) is 0 Å². The van der Waals surface area contributed by atoms with Gasteiger partial charge >= 0.3 is 23.9 Å². The molecule has 0 aromatic carbocycles. The largest absolute Gasteiger partial charge is 0.465 e. The van der Waals surface area contributed by atoms with E-state index in [2.05, 4.69) is 34.6 Å². The Kier molecular flexibility index (Phi) is 14.3. The van der Waals surface area contributed by atoms with Crippen LogP contribution in [0.15, 0.2) is 0 Å². The van der Waals surface area contributed by atoms with Gasteiger partial charge in [0.2, 0.25) is 0 Å². The minimum atomic E-state index is -0.858. The molecule has 6 bridgehead atoms. The maximum Gasteiger partial charge on any atom is 0.318 e. The van der Waals surface area contributed by atoms with E-state index in [0.29, 0.717) is 36.7 Å². The van der Waals surface area contributed by atoms with Gasteiger partial charge in [0, 0.05) is 11.3 Å². The van der Waals surface area contributed by atoms with Crippen molar-refractivity contribution >= 4 is 23.9 Å². The molecule has 0 radical (unpaired) electrons. The molecule has 7 nitrogen and oxygen atoms in total. The van der Waals surface area contributed by atoms with E-state index in [1.54, 1.807) is 6.92 Å². The molecule has 6 aliphatic carbocycles. The highest BCUT2D eigenvalue weighted by atomic mass is 16.6. The Morgan fingerprint density at radius 1 is 0.784 bits per heavy atom. The first-order valence-electron chi connectivity index (χ1n) is 18.2. The number of ether oxygens (including phenoxy) is 3. The van der Waals surface area contributed by atoms with Crippen LogP contribution in [0.5, 0.6) is 0 Å². The normalized spacial score (nSPS) is 40.0. The fourth-order valence-corrected chi connectivity index (χ4v) is 13.7. The summed E-state index contributed by atoms with van der Waals surface area (Å²) in [7, 11) is 0. The van der Waals surface area contributed by atoms with Crippen LogP contribution in [-0.2, 0) is 33.4 Å². The van der Waals surface area contributed by atoms with Crippen molar-refractivity contribution in [1.29, 1.82) is 0 Å². The van der Waals surface area contributed by atoms with Crippen molar-refractivity contribution in [2.75, 3.05) is 6.61 Å². The molecule has 0 aromatic heterocycles. The molecule has 0 N–H and O–H groups in total. The smallest absolute Gasteiger partial charge is 0.318 e. The summed E-state index contributed by atoms with van der Waals surface area (Å²) in [6.45, 7) is 17.4. The molecule has 298 valence electrons. The Balaban J connectivity index is 0.00000217. The van der Waals surface area contributed by atoms with E-state index >= 15 is 0 Å². The first-order chi connectivity index (χ1) is 21.0. The molecule has 10 unspecified atom stereocenters. The first-order valence-corrected chi connectivity index (χ1v) is 18.2. The summed E-state index contributed by atoms with van der Waals surface area (Å²) >= 11 is 0. The fraction of sp³-hybridized carbons (Fsp3) is 0.909. The summed E-state index contributed by atoms with van der Waals surface area (Å²) in [6.07, 6.45) is 9.76. The third-order valence-corrected chi connectivity index (χ3v) is 15.5. The Morgan fingerprint density at radius 3 is 1.78 bits per heavy atom. The number of cyclic esters (lactones) is 3. The minimum Gasteiger partial charge on any atom is -0.465 e. The zero-order valence-corrected chi connectivity index (χ0v) is 28.9. The fourth-order valence-electron chi connectivity index (χ4n) is 13.7. The third kappa shape index (κ3) is 6.85. The Morgan fingerprint density at radius 2 is 1.31 bits per heavy atom. The van der Waals surface area contributed by atoms with E-state index in [4.69, 9.17) is 14.2 Å². The van der Waals surface area contributed by atoms with Crippen molar-refractivity contribution in [3.05, 3.63) is 0 Å². The molecule has 8 aliphatic rings. The minimum absolute atomic E-state index is 0. The van der Waals surface area contributed by atoms with E-state index in [1.807, 2.05) is 13.8 Å². The average molecular weight is 721 g/mol. The Bertz CT molecular complexity index is 1250. The van der Waals surface area contributed by atoms with Crippen LogP contribution in [0.3, 0.4) is 0 Å². The SMILES string of the molecule is C.C.C.C.C.C.CCC(C)(OC(=O)C(CC(C)(C)C1C(C)C2CC1C1COC(=O)C21)C(C)(C)C1C(=O)OC(=O)C1C)C12CC3CC(CC(C3)C1)C2. The third-order valence-electron chi connectivity index (χ3n) is 15.5. The maximum atomic E-state index is 14.9. The molecular weight excluding hydrogens is 640 g/mol. The molecule has 6 saturated carbocycles. The summed E-state index contributed by atoms with van der Waals surface area (Å²) in [5.74, 6) is 0.627. The monoisotopic (exact) mass is 721 g/mol. The lowest BCUT2D eigenvalue weighted by Gasteiger charge is -2.62. The van der Waals surface area contributed by atoms with Crippen LogP contribution < -0.4 is 0 Å². The van der Waals surface area contributed by atoms with Gasteiger partial charge in [-0.05, 0) is 117 Å². The van der Waals surface area contributed by atoms with Crippen molar-refractivity contribution in [1.82, 2.24) is 0 Å². The van der Waals surface area contributed by atoms with E-state index in [-0.39, 0.29) is 79.2 Å². The summed E-state index contributed by atoms with van der Waals surface area (Å²) < 4.78 is 17.6. The average Bonchev–Trinajstić information content (AvgIpc) is 3.67. The topological polar surface area (TPSA) is 96.0 Å². The van der Waals surface area contributed by atoms with Crippen molar-refractivity contribution in [2.24, 2.45) is 87.3 Å². The second-order valence-corrected chi connectivity index (χ2v) is 18.5. The number of esters is 4. The summed E-state index contributed by atoms with van der Waals surface area (Å²) in [5, 5.41) is 0. The lowest BCUT2D eigenvalue weighted by atomic mass is 9.45. The van der Waals surface area contributed by atoms with Gasteiger partial charge in [0.25, 0.3) is 0 Å². The lowest BCUT2D eigenvalue weighted by molar-refractivity contribution is -0.214. The molecule has 10 atom stereocenters. The molecule has 8 rings (SSSR count). The van der Waals surface area contributed by atoms with Crippen molar-refractivity contribution in [2.45, 2.75) is 163 Å². The Hall–Kier alpha value is -1.92. The van der Waals surface area contributed by atoms with Crippen molar-refractivity contribution in [3.8, 4) is 0 Å². The zero-order valence-electron chi connectivity index (χ0n) is 28.9. The number of rotatable bonds is 9. The number of hydrogen-bond acceptors (Lipinski definition) is 7. The summed E-state index contributed by atoms with van der Waals surface area (Å²) in [5.41, 5.74) is -1.70. The van der Waals surface area contributed by atoms with E-state index in [9.17, 15) is 19.2 Å². The Labute approximate surface area is 313 Å². The highest BCUT2D eigenvalue weighted by Crippen LogP contribution is 2.67. The summed E-state index contributed by atoms with van der Waals surface area (Å²) in [6, 6.07) is 0. The highest BCUT2D eigenvalue weighted by molar-refractivity contribution is 5.97. The quantitative estimate of drug-likeness (QED) is 0.133. The molecule has 0 amide bonds. The highest BCUT2D eigenvalue weighted by Gasteiger charge is 2.66. The lowest BCUT2D eigenvalue weighted by Crippen LogP contribution is -2.59. The van der Waals surface area contributed by atoms with Gasteiger partial charge < -0.3 is 14.2 Å². The van der Waals surface area contributed by atoms with Gasteiger partial charge in [-0.25, -0.2) is 0 Å². The van der Waals surface area contributed by atoms with Gasteiger partial charge in [-0.3, -0.25) is 19.2 Å². The summed E-state index contributed by atoms with van der Waals surface area (Å²) in [4.78, 5) is 53.4. The molecule has 0 spiro atoms. The predicted octanol–water partition coefficient (Wildman–Crippen LogP) is 10.8. The molecule has 7 heteroatoms. The van der Waals surface area contributed by atoms with Crippen LogP contribution in [0, 0.1) is 87.3 Å². The maximum absolute atomic E-state index is 14.9. The molecular formula is C44H80O7. The van der Waals surface area contributed by atoms with Crippen LogP contribution in [0.25, 0.3) is 0 Å². The second-order valence-electron chi connectivity index (χ2n) is 18.5.